The Hall–Kier alpha value is -7.95. The predicted octanol–water partition coefficient (Wildman–Crippen LogP) is 16.2. The highest BCUT2D eigenvalue weighted by Crippen LogP contribution is 2.53. The van der Waals surface area contributed by atoms with Crippen molar-refractivity contribution in [3.8, 4) is 51.0 Å². The van der Waals surface area contributed by atoms with Gasteiger partial charge in [0.05, 0.1) is 11.2 Å². The molecule has 4 heteroatoms. The fourth-order valence-corrected chi connectivity index (χ4v) is 11.0. The molecule has 0 saturated carbocycles. The Labute approximate surface area is 392 Å². The van der Waals surface area contributed by atoms with Crippen LogP contribution >= 0.6 is 0 Å². The molecular formula is C63H50N4. The third kappa shape index (κ3) is 6.54. The number of fused-ring (bicyclic) bond motifs is 11. The zero-order valence-corrected chi connectivity index (χ0v) is 38.5. The number of benzene rings is 9. The van der Waals surface area contributed by atoms with E-state index < -0.39 is 0 Å². The molecule has 0 saturated heterocycles. The van der Waals surface area contributed by atoms with E-state index >= 15 is 0 Å². The molecule has 0 amide bonds. The third-order valence-electron chi connectivity index (χ3n) is 14.1. The molecule has 11 aromatic rings. The molecule has 0 spiro atoms. The molecule has 2 aliphatic carbocycles. The SMILES string of the molecule is CC.CC1C=C(c2ccc3c(c2)-c2c(ccc4ccccc24)C3(C)C)c2c(c3ccc4ccccc4c3n2-c2nc(-c3ccc(-c4ccccc4)cc3)nc(-c3ccc4ccccc4c3)n2)C1. The molecule has 0 aliphatic heterocycles. The monoisotopic (exact) mass is 862 g/mol. The molecule has 2 aliphatic rings. The van der Waals surface area contributed by atoms with Crippen molar-refractivity contribution in [2.45, 2.75) is 46.5 Å². The second-order valence-corrected chi connectivity index (χ2v) is 18.5. The Morgan fingerprint density at radius 3 is 1.82 bits per heavy atom. The topological polar surface area (TPSA) is 43.6 Å². The van der Waals surface area contributed by atoms with Crippen molar-refractivity contribution < 1.29 is 0 Å². The predicted molar refractivity (Wildman–Crippen MR) is 281 cm³/mol. The number of hydrogen-bond acceptors (Lipinski definition) is 3. The van der Waals surface area contributed by atoms with Crippen LogP contribution in [0.1, 0.15) is 62.6 Å². The lowest BCUT2D eigenvalue weighted by Crippen LogP contribution is -2.15. The molecule has 0 bridgehead atoms. The van der Waals surface area contributed by atoms with E-state index in [1.165, 1.54) is 76.8 Å². The number of allylic oxidation sites excluding steroid dienone is 1. The molecule has 1 atom stereocenters. The first-order valence-corrected chi connectivity index (χ1v) is 23.7. The second kappa shape index (κ2) is 15.9. The van der Waals surface area contributed by atoms with Crippen LogP contribution in [0.3, 0.4) is 0 Å². The van der Waals surface area contributed by atoms with Crippen molar-refractivity contribution in [3.63, 3.8) is 0 Å². The summed E-state index contributed by atoms with van der Waals surface area (Å²) in [6.07, 6.45) is 3.39. The molecule has 0 fully saturated rings. The van der Waals surface area contributed by atoms with E-state index in [2.05, 4.69) is 219 Å². The van der Waals surface area contributed by atoms with E-state index in [0.717, 1.165) is 39.7 Å². The largest absolute Gasteiger partial charge is 0.277 e. The Kier molecular flexibility index (Phi) is 9.62. The van der Waals surface area contributed by atoms with Gasteiger partial charge in [0.1, 0.15) is 0 Å². The highest BCUT2D eigenvalue weighted by molar-refractivity contribution is 6.11. The first-order chi connectivity index (χ1) is 32.9. The van der Waals surface area contributed by atoms with E-state index in [4.69, 9.17) is 15.0 Å². The Morgan fingerprint density at radius 2 is 1.04 bits per heavy atom. The average Bonchev–Trinajstić information content (AvgIpc) is 3.84. The van der Waals surface area contributed by atoms with Crippen LogP contribution in [-0.4, -0.2) is 19.5 Å². The highest BCUT2D eigenvalue weighted by Gasteiger charge is 2.37. The highest BCUT2D eigenvalue weighted by atomic mass is 15.2. The summed E-state index contributed by atoms with van der Waals surface area (Å²) < 4.78 is 2.37. The lowest BCUT2D eigenvalue weighted by Gasteiger charge is -2.24. The number of aromatic nitrogens is 4. The van der Waals surface area contributed by atoms with Crippen molar-refractivity contribution in [2.24, 2.45) is 5.92 Å². The minimum atomic E-state index is -0.125. The zero-order chi connectivity index (χ0) is 45.4. The van der Waals surface area contributed by atoms with Gasteiger partial charge in [-0.25, -0.2) is 4.98 Å². The third-order valence-corrected chi connectivity index (χ3v) is 14.1. The van der Waals surface area contributed by atoms with Gasteiger partial charge in [-0.15, -0.1) is 0 Å². The van der Waals surface area contributed by atoms with Crippen LogP contribution < -0.4 is 0 Å². The molecule has 0 radical (unpaired) electrons. The van der Waals surface area contributed by atoms with Crippen molar-refractivity contribution in [2.75, 3.05) is 0 Å². The fraction of sp³-hybridized carbons (Fsp3) is 0.127. The summed E-state index contributed by atoms with van der Waals surface area (Å²) >= 11 is 0. The van der Waals surface area contributed by atoms with Crippen molar-refractivity contribution in [1.29, 1.82) is 0 Å². The summed E-state index contributed by atoms with van der Waals surface area (Å²) in [5.41, 5.74) is 15.5. The molecule has 13 rings (SSSR count). The van der Waals surface area contributed by atoms with Gasteiger partial charge in [0, 0.05) is 32.9 Å². The zero-order valence-electron chi connectivity index (χ0n) is 38.5. The lowest BCUT2D eigenvalue weighted by atomic mass is 9.81. The van der Waals surface area contributed by atoms with Crippen molar-refractivity contribution in [3.05, 3.63) is 222 Å². The second-order valence-electron chi connectivity index (χ2n) is 18.5. The maximum Gasteiger partial charge on any atom is 0.238 e. The minimum Gasteiger partial charge on any atom is -0.277 e. The van der Waals surface area contributed by atoms with E-state index in [0.29, 0.717) is 23.5 Å². The lowest BCUT2D eigenvalue weighted by molar-refractivity contribution is 0.661. The van der Waals surface area contributed by atoms with Gasteiger partial charge in [-0.2, -0.15) is 9.97 Å². The molecular weight excluding hydrogens is 813 g/mol. The van der Waals surface area contributed by atoms with Gasteiger partial charge in [0.15, 0.2) is 11.6 Å². The normalized spacial score (nSPS) is 14.6. The van der Waals surface area contributed by atoms with Crippen LogP contribution in [0.25, 0.3) is 99.8 Å². The molecule has 0 N–H and O–H groups in total. The molecule has 67 heavy (non-hydrogen) atoms. The average molecular weight is 863 g/mol. The summed E-state index contributed by atoms with van der Waals surface area (Å²) in [5.74, 6) is 2.18. The summed E-state index contributed by atoms with van der Waals surface area (Å²) in [4.78, 5) is 16.3. The summed E-state index contributed by atoms with van der Waals surface area (Å²) in [5, 5.41) is 8.47. The molecule has 2 heterocycles. The van der Waals surface area contributed by atoms with E-state index in [-0.39, 0.29) is 5.41 Å². The van der Waals surface area contributed by atoms with Crippen LogP contribution in [0, 0.1) is 5.92 Å². The van der Waals surface area contributed by atoms with Crippen molar-refractivity contribution in [1.82, 2.24) is 19.5 Å². The van der Waals surface area contributed by atoms with Crippen LogP contribution in [0.5, 0.6) is 0 Å². The van der Waals surface area contributed by atoms with Gasteiger partial charge in [-0.05, 0) is 95.9 Å². The molecule has 9 aromatic carbocycles. The van der Waals surface area contributed by atoms with Gasteiger partial charge in [-0.1, -0.05) is 217 Å². The van der Waals surface area contributed by atoms with Crippen LogP contribution in [0.15, 0.2) is 194 Å². The van der Waals surface area contributed by atoms with Gasteiger partial charge in [0.2, 0.25) is 5.95 Å². The number of hydrogen-bond donors (Lipinski definition) is 0. The van der Waals surface area contributed by atoms with E-state index in [9.17, 15) is 0 Å². The number of nitrogens with zero attached hydrogens (tertiary/aromatic N) is 4. The first kappa shape index (κ1) is 40.6. The molecule has 1 unspecified atom stereocenters. The van der Waals surface area contributed by atoms with Crippen LogP contribution in [0.4, 0.5) is 0 Å². The fourth-order valence-electron chi connectivity index (χ4n) is 11.0. The maximum atomic E-state index is 5.51. The Balaban J connectivity index is 0.00000231. The maximum absolute atomic E-state index is 5.51. The molecule has 4 nitrogen and oxygen atoms in total. The van der Waals surface area contributed by atoms with Gasteiger partial charge in [0.25, 0.3) is 0 Å². The summed E-state index contributed by atoms with van der Waals surface area (Å²) in [7, 11) is 0. The van der Waals surface area contributed by atoms with Gasteiger partial charge in [-0.3, -0.25) is 4.57 Å². The summed E-state index contributed by atoms with van der Waals surface area (Å²) in [6, 6.07) is 68.1. The Morgan fingerprint density at radius 1 is 0.478 bits per heavy atom. The standard InChI is InChI=1S/C61H44N4.C2H6/c1-37-33-50(45-29-31-53-52(36-45)55-47-19-11-9-16-41(47)28-32-54(55)61(53,2)3)57-51(34-37)49-30-27-42-17-10-12-20-48(42)56(49)65(57)60-63-58(43-24-21-40(22-25-43)38-13-5-4-6-14-38)62-59(64-60)46-26-23-39-15-7-8-18-44(39)35-46;1-2/h4-33,35-37H,34H2,1-3H3;1-2H3. The van der Waals surface area contributed by atoms with Gasteiger partial charge >= 0.3 is 0 Å². The smallest absolute Gasteiger partial charge is 0.238 e. The molecule has 322 valence electrons. The Bertz CT molecular complexity index is 3780. The van der Waals surface area contributed by atoms with E-state index in [1.807, 2.05) is 13.8 Å². The van der Waals surface area contributed by atoms with E-state index in [1.54, 1.807) is 0 Å². The quantitative estimate of drug-likeness (QED) is 0.173. The molecule has 2 aromatic heterocycles. The van der Waals surface area contributed by atoms with Crippen LogP contribution in [0.2, 0.25) is 0 Å². The summed E-state index contributed by atoms with van der Waals surface area (Å²) in [6.45, 7) is 11.1. The minimum absolute atomic E-state index is 0.125. The van der Waals surface area contributed by atoms with Crippen molar-refractivity contribution >= 4 is 48.8 Å². The number of rotatable bonds is 5. The van der Waals surface area contributed by atoms with Crippen LogP contribution in [-0.2, 0) is 11.8 Å². The van der Waals surface area contributed by atoms with Gasteiger partial charge < -0.3 is 0 Å². The first-order valence-electron chi connectivity index (χ1n) is 23.7.